The molecule has 0 fully saturated rings. The Labute approximate surface area is 94.2 Å². The molecule has 2 heteroatoms. The van der Waals surface area contributed by atoms with Gasteiger partial charge < -0.3 is 5.11 Å². The fourth-order valence-electron chi connectivity index (χ4n) is 1.73. The summed E-state index contributed by atoms with van der Waals surface area (Å²) in [6, 6.07) is 13.1. The molecule has 2 aromatic carbocycles. The molecule has 0 saturated heterocycles. The molecule has 2 nitrogen and oxygen atoms in total. The van der Waals surface area contributed by atoms with Crippen molar-refractivity contribution in [1.29, 1.82) is 0 Å². The molecule has 0 amide bonds. The number of hydrogen-bond donors (Lipinski definition) is 1. The molecule has 0 unspecified atom stereocenters. The van der Waals surface area contributed by atoms with Gasteiger partial charge in [0.2, 0.25) is 0 Å². The highest BCUT2D eigenvalue weighted by molar-refractivity contribution is 5.86. The number of carbonyl (C=O) groups is 1. The predicted molar refractivity (Wildman–Crippen MR) is 63.7 cm³/mol. The van der Waals surface area contributed by atoms with E-state index in [4.69, 9.17) is 0 Å². The third-order valence-electron chi connectivity index (χ3n) is 2.50. The number of aryl methyl sites for hydroxylation is 1. The van der Waals surface area contributed by atoms with Crippen LogP contribution in [0.25, 0.3) is 11.1 Å². The van der Waals surface area contributed by atoms with Gasteiger partial charge in [0.1, 0.15) is 5.75 Å². The van der Waals surface area contributed by atoms with Crippen LogP contribution in [0.3, 0.4) is 0 Å². The number of hydrogen-bond acceptors (Lipinski definition) is 2. The summed E-state index contributed by atoms with van der Waals surface area (Å²) in [7, 11) is 0. The molecule has 0 heterocycles. The van der Waals surface area contributed by atoms with Gasteiger partial charge in [0, 0.05) is 5.56 Å². The van der Waals surface area contributed by atoms with Crippen molar-refractivity contribution in [3.63, 3.8) is 0 Å². The van der Waals surface area contributed by atoms with E-state index in [1.165, 1.54) is 0 Å². The van der Waals surface area contributed by atoms with E-state index in [-0.39, 0.29) is 5.75 Å². The average Bonchev–Trinajstić information content (AvgIpc) is 2.33. The highest BCUT2D eigenvalue weighted by Crippen LogP contribution is 2.32. The van der Waals surface area contributed by atoms with E-state index in [2.05, 4.69) is 0 Å². The molecule has 80 valence electrons. The maximum atomic E-state index is 10.8. The molecule has 0 aliphatic carbocycles. The summed E-state index contributed by atoms with van der Waals surface area (Å²) in [5.41, 5.74) is 2.90. The minimum atomic E-state index is 0.0480. The molecule has 1 N–H and O–H groups in total. The molecular formula is C14H12O2. The summed E-state index contributed by atoms with van der Waals surface area (Å²) in [6.07, 6.45) is 0.675. The van der Waals surface area contributed by atoms with E-state index in [9.17, 15) is 9.90 Å². The minimum Gasteiger partial charge on any atom is -0.507 e. The highest BCUT2D eigenvalue weighted by Gasteiger charge is 2.09. The van der Waals surface area contributed by atoms with Crippen LogP contribution in [0.15, 0.2) is 42.5 Å². The Hall–Kier alpha value is -2.09. The molecule has 0 aliphatic rings. The van der Waals surface area contributed by atoms with Crippen molar-refractivity contribution in [3.05, 3.63) is 53.6 Å². The summed E-state index contributed by atoms with van der Waals surface area (Å²) in [6.45, 7) is 1.90. The van der Waals surface area contributed by atoms with Gasteiger partial charge in [-0.3, -0.25) is 4.79 Å². The Kier molecular flexibility index (Phi) is 2.73. The maximum absolute atomic E-state index is 10.8. The standard InChI is InChI=1S/C14H12O2/c1-10-7-12(9-15)14(16)13(8-10)11-5-3-2-4-6-11/h2-9,16H,1H3. The minimum absolute atomic E-state index is 0.0480. The van der Waals surface area contributed by atoms with Crippen LogP contribution in [-0.4, -0.2) is 11.4 Å². The first kappa shape index (κ1) is 10.4. The van der Waals surface area contributed by atoms with Crippen LogP contribution in [0.2, 0.25) is 0 Å². The summed E-state index contributed by atoms with van der Waals surface area (Å²) in [5, 5.41) is 9.94. The Morgan fingerprint density at radius 3 is 2.44 bits per heavy atom. The first-order valence-corrected chi connectivity index (χ1v) is 5.06. The number of rotatable bonds is 2. The van der Waals surface area contributed by atoms with Crippen LogP contribution in [0.5, 0.6) is 5.75 Å². The van der Waals surface area contributed by atoms with E-state index < -0.39 is 0 Å². The number of aldehydes is 1. The molecule has 16 heavy (non-hydrogen) atoms. The van der Waals surface area contributed by atoms with Crippen molar-refractivity contribution in [2.24, 2.45) is 0 Å². The van der Waals surface area contributed by atoms with Crippen molar-refractivity contribution >= 4 is 6.29 Å². The summed E-state index contributed by atoms with van der Waals surface area (Å²) in [4.78, 5) is 10.8. The second kappa shape index (κ2) is 4.19. The predicted octanol–water partition coefficient (Wildman–Crippen LogP) is 3.18. The van der Waals surface area contributed by atoms with Crippen LogP contribution in [0.1, 0.15) is 15.9 Å². The highest BCUT2D eigenvalue weighted by atomic mass is 16.3. The van der Waals surface area contributed by atoms with Gasteiger partial charge in [0.15, 0.2) is 6.29 Å². The summed E-state index contributed by atoms with van der Waals surface area (Å²) in [5.74, 6) is 0.0480. The lowest BCUT2D eigenvalue weighted by Gasteiger charge is -2.08. The molecule has 0 aliphatic heterocycles. The van der Waals surface area contributed by atoms with Gasteiger partial charge in [-0.2, -0.15) is 0 Å². The van der Waals surface area contributed by atoms with Crippen LogP contribution < -0.4 is 0 Å². The third kappa shape index (κ3) is 1.82. The van der Waals surface area contributed by atoms with Crippen molar-refractivity contribution in [1.82, 2.24) is 0 Å². The summed E-state index contributed by atoms with van der Waals surface area (Å²) < 4.78 is 0. The van der Waals surface area contributed by atoms with Crippen molar-refractivity contribution < 1.29 is 9.90 Å². The Bertz CT molecular complexity index is 516. The lowest BCUT2D eigenvalue weighted by atomic mass is 9.99. The van der Waals surface area contributed by atoms with Crippen LogP contribution in [0, 0.1) is 6.92 Å². The molecule has 0 bridgehead atoms. The van der Waals surface area contributed by atoms with Gasteiger partial charge in [-0.15, -0.1) is 0 Å². The van der Waals surface area contributed by atoms with Crippen molar-refractivity contribution in [3.8, 4) is 16.9 Å². The maximum Gasteiger partial charge on any atom is 0.153 e. The van der Waals surface area contributed by atoms with Crippen LogP contribution in [-0.2, 0) is 0 Å². The first-order valence-electron chi connectivity index (χ1n) is 5.06. The molecular weight excluding hydrogens is 200 g/mol. The number of phenols is 1. The number of phenolic OH excluding ortho intramolecular Hbond substituents is 1. The fourth-order valence-corrected chi connectivity index (χ4v) is 1.73. The van der Waals surface area contributed by atoms with Gasteiger partial charge in [-0.05, 0) is 30.2 Å². The molecule has 0 radical (unpaired) electrons. The lowest BCUT2D eigenvalue weighted by Crippen LogP contribution is -1.88. The van der Waals surface area contributed by atoms with Crippen LogP contribution in [0.4, 0.5) is 0 Å². The van der Waals surface area contributed by atoms with Crippen molar-refractivity contribution in [2.45, 2.75) is 6.92 Å². The van der Waals surface area contributed by atoms with E-state index >= 15 is 0 Å². The largest absolute Gasteiger partial charge is 0.507 e. The second-order valence-electron chi connectivity index (χ2n) is 3.73. The third-order valence-corrected chi connectivity index (χ3v) is 2.50. The van der Waals surface area contributed by atoms with Gasteiger partial charge in [-0.1, -0.05) is 30.3 Å². The molecule has 0 spiro atoms. The van der Waals surface area contributed by atoms with E-state index in [1.807, 2.05) is 43.3 Å². The lowest BCUT2D eigenvalue weighted by molar-refractivity contribution is 0.112. The van der Waals surface area contributed by atoms with Gasteiger partial charge in [-0.25, -0.2) is 0 Å². The topological polar surface area (TPSA) is 37.3 Å². The first-order chi connectivity index (χ1) is 7.72. The zero-order chi connectivity index (χ0) is 11.5. The van der Waals surface area contributed by atoms with Gasteiger partial charge >= 0.3 is 0 Å². The monoisotopic (exact) mass is 212 g/mol. The zero-order valence-corrected chi connectivity index (χ0v) is 8.97. The van der Waals surface area contributed by atoms with E-state index in [0.717, 1.165) is 11.1 Å². The Morgan fingerprint density at radius 2 is 1.81 bits per heavy atom. The number of aromatic hydroxyl groups is 1. The molecule has 0 saturated carbocycles. The van der Waals surface area contributed by atoms with Gasteiger partial charge in [0.25, 0.3) is 0 Å². The second-order valence-corrected chi connectivity index (χ2v) is 3.73. The smallest absolute Gasteiger partial charge is 0.153 e. The quantitative estimate of drug-likeness (QED) is 0.776. The van der Waals surface area contributed by atoms with Gasteiger partial charge in [0.05, 0.1) is 5.56 Å². The van der Waals surface area contributed by atoms with E-state index in [1.54, 1.807) is 6.07 Å². The molecule has 0 atom stereocenters. The summed E-state index contributed by atoms with van der Waals surface area (Å²) >= 11 is 0. The SMILES string of the molecule is Cc1cc(C=O)c(O)c(-c2ccccc2)c1. The zero-order valence-electron chi connectivity index (χ0n) is 8.97. The molecule has 2 aromatic rings. The Morgan fingerprint density at radius 1 is 1.12 bits per heavy atom. The average molecular weight is 212 g/mol. The Balaban J connectivity index is 2.66. The molecule has 0 aromatic heterocycles. The fraction of sp³-hybridized carbons (Fsp3) is 0.0714. The van der Waals surface area contributed by atoms with Crippen LogP contribution >= 0.6 is 0 Å². The number of benzene rings is 2. The molecule has 2 rings (SSSR count). The van der Waals surface area contributed by atoms with E-state index in [0.29, 0.717) is 17.4 Å². The normalized spacial score (nSPS) is 10.1. The van der Waals surface area contributed by atoms with Crippen molar-refractivity contribution in [2.75, 3.05) is 0 Å². The number of carbonyl (C=O) groups excluding carboxylic acids is 1.